The number of carbonyl (C=O) groups is 1. The Morgan fingerprint density at radius 2 is 2.00 bits per heavy atom. The van der Waals surface area contributed by atoms with Gasteiger partial charge in [0.2, 0.25) is 11.5 Å². The summed E-state index contributed by atoms with van der Waals surface area (Å²) in [5, 5.41) is 2.86. The van der Waals surface area contributed by atoms with Crippen molar-refractivity contribution in [3.63, 3.8) is 0 Å². The minimum Gasteiger partial charge on any atom is -0.352 e. The molecule has 0 atom stereocenters. The maximum absolute atomic E-state index is 11.3. The number of rotatable bonds is 4. The summed E-state index contributed by atoms with van der Waals surface area (Å²) in [6, 6.07) is 11.1. The van der Waals surface area contributed by atoms with Crippen LogP contribution in [0.15, 0.2) is 47.4 Å². The highest BCUT2D eigenvalue weighted by molar-refractivity contribution is 5.76. The van der Waals surface area contributed by atoms with E-state index in [-0.39, 0.29) is 11.5 Å². The first-order valence-corrected chi connectivity index (χ1v) is 6.24. The van der Waals surface area contributed by atoms with Crippen LogP contribution in [0.1, 0.15) is 18.9 Å². The van der Waals surface area contributed by atoms with E-state index in [9.17, 15) is 9.59 Å². The molecule has 0 spiro atoms. The van der Waals surface area contributed by atoms with Gasteiger partial charge in [0.1, 0.15) is 0 Å². The first kappa shape index (κ1) is 13.1. The van der Waals surface area contributed by atoms with Crippen molar-refractivity contribution in [2.75, 3.05) is 0 Å². The van der Waals surface area contributed by atoms with Crippen LogP contribution >= 0.6 is 0 Å². The largest absolute Gasteiger partial charge is 0.352 e. The summed E-state index contributed by atoms with van der Waals surface area (Å²) >= 11 is 0. The van der Waals surface area contributed by atoms with Crippen molar-refractivity contribution in [2.24, 2.45) is 0 Å². The van der Waals surface area contributed by atoms with Crippen molar-refractivity contribution in [1.82, 2.24) is 10.3 Å². The predicted molar refractivity (Wildman–Crippen MR) is 74.6 cm³/mol. The number of hydrogen-bond acceptors (Lipinski definition) is 2. The van der Waals surface area contributed by atoms with Gasteiger partial charge in [0.15, 0.2) is 0 Å². The summed E-state index contributed by atoms with van der Waals surface area (Å²) in [6.45, 7) is 2.31. The number of benzene rings is 1. The van der Waals surface area contributed by atoms with E-state index in [2.05, 4.69) is 10.3 Å². The summed E-state index contributed by atoms with van der Waals surface area (Å²) in [5.74, 6) is 0.0243. The fraction of sp³-hybridized carbons (Fsp3) is 0.200. The van der Waals surface area contributed by atoms with Crippen LogP contribution in [0.2, 0.25) is 0 Å². The van der Waals surface area contributed by atoms with Crippen LogP contribution in [0, 0.1) is 0 Å². The van der Waals surface area contributed by atoms with E-state index in [4.69, 9.17) is 0 Å². The van der Waals surface area contributed by atoms with Crippen molar-refractivity contribution in [3.05, 3.63) is 58.5 Å². The smallest absolute Gasteiger partial charge is 0.247 e. The Morgan fingerprint density at radius 1 is 1.21 bits per heavy atom. The Morgan fingerprint density at radius 3 is 2.68 bits per heavy atom. The monoisotopic (exact) mass is 256 g/mol. The fourth-order valence-corrected chi connectivity index (χ4v) is 1.85. The molecule has 0 saturated heterocycles. The quantitative estimate of drug-likeness (QED) is 0.879. The van der Waals surface area contributed by atoms with Gasteiger partial charge < -0.3 is 10.3 Å². The third kappa shape index (κ3) is 3.31. The van der Waals surface area contributed by atoms with Crippen LogP contribution in [0.5, 0.6) is 0 Å². The third-order valence-corrected chi connectivity index (χ3v) is 2.91. The van der Waals surface area contributed by atoms with Crippen LogP contribution in [-0.2, 0) is 11.3 Å². The molecule has 1 amide bonds. The molecule has 2 aromatic rings. The van der Waals surface area contributed by atoms with Gasteiger partial charge in [-0.05, 0) is 22.8 Å². The molecule has 1 aromatic heterocycles. The lowest BCUT2D eigenvalue weighted by molar-refractivity contribution is -0.120. The molecule has 0 bridgehead atoms. The second-order valence-corrected chi connectivity index (χ2v) is 4.23. The Bertz CT molecular complexity index is 612. The van der Waals surface area contributed by atoms with Crippen molar-refractivity contribution in [2.45, 2.75) is 19.9 Å². The highest BCUT2D eigenvalue weighted by atomic mass is 16.1. The van der Waals surface area contributed by atoms with Gasteiger partial charge in [-0.3, -0.25) is 9.59 Å². The summed E-state index contributed by atoms with van der Waals surface area (Å²) in [5.41, 5.74) is 2.84. The summed E-state index contributed by atoms with van der Waals surface area (Å²) in [6.07, 6.45) is 2.16. The van der Waals surface area contributed by atoms with Crippen LogP contribution < -0.4 is 10.9 Å². The molecule has 0 aliphatic rings. The van der Waals surface area contributed by atoms with Gasteiger partial charge in [-0.2, -0.15) is 0 Å². The molecular weight excluding hydrogens is 240 g/mol. The third-order valence-electron chi connectivity index (χ3n) is 2.91. The molecule has 2 rings (SSSR count). The molecule has 98 valence electrons. The first-order chi connectivity index (χ1) is 9.20. The lowest BCUT2D eigenvalue weighted by Crippen LogP contribution is -2.21. The number of H-pyrrole nitrogens is 1. The van der Waals surface area contributed by atoms with E-state index in [1.807, 2.05) is 31.2 Å². The van der Waals surface area contributed by atoms with Gasteiger partial charge in [-0.1, -0.05) is 31.2 Å². The number of amides is 1. The van der Waals surface area contributed by atoms with Crippen LogP contribution in [0.25, 0.3) is 11.1 Å². The van der Waals surface area contributed by atoms with Gasteiger partial charge in [-0.25, -0.2) is 0 Å². The average Bonchev–Trinajstić information content (AvgIpc) is 2.46. The van der Waals surface area contributed by atoms with Crippen molar-refractivity contribution in [1.29, 1.82) is 0 Å². The van der Waals surface area contributed by atoms with E-state index in [0.717, 1.165) is 16.7 Å². The molecule has 0 unspecified atom stereocenters. The average molecular weight is 256 g/mol. The molecule has 0 aliphatic heterocycles. The molecule has 4 heteroatoms. The zero-order valence-electron chi connectivity index (χ0n) is 10.8. The summed E-state index contributed by atoms with van der Waals surface area (Å²) in [4.78, 5) is 25.1. The molecule has 0 aliphatic carbocycles. The molecule has 2 N–H and O–H groups in total. The molecular formula is C15H16N2O2. The highest BCUT2D eigenvalue weighted by Gasteiger charge is 2.05. The SMILES string of the molecule is CCC(=O)NCc1ccccc1-c1ccc(=O)[nH]c1. The number of aromatic nitrogens is 1. The lowest BCUT2D eigenvalue weighted by Gasteiger charge is -2.10. The van der Waals surface area contributed by atoms with E-state index in [1.54, 1.807) is 12.3 Å². The van der Waals surface area contributed by atoms with Crippen LogP contribution in [0.4, 0.5) is 0 Å². The van der Waals surface area contributed by atoms with Crippen LogP contribution in [0.3, 0.4) is 0 Å². The molecule has 0 radical (unpaired) electrons. The van der Waals surface area contributed by atoms with Crippen molar-refractivity contribution in [3.8, 4) is 11.1 Å². The van der Waals surface area contributed by atoms with Gasteiger partial charge >= 0.3 is 0 Å². The van der Waals surface area contributed by atoms with Crippen molar-refractivity contribution < 1.29 is 4.79 Å². The van der Waals surface area contributed by atoms with E-state index in [1.165, 1.54) is 6.07 Å². The topological polar surface area (TPSA) is 62.0 Å². The van der Waals surface area contributed by atoms with E-state index in [0.29, 0.717) is 13.0 Å². The Labute approximate surface area is 111 Å². The van der Waals surface area contributed by atoms with E-state index < -0.39 is 0 Å². The normalized spacial score (nSPS) is 10.2. The number of nitrogens with one attached hydrogen (secondary N) is 2. The van der Waals surface area contributed by atoms with Gasteiger partial charge in [0.05, 0.1) is 0 Å². The predicted octanol–water partition coefficient (Wildman–Crippen LogP) is 2.07. The molecule has 0 saturated carbocycles. The Hall–Kier alpha value is -2.36. The number of aromatic amines is 1. The maximum Gasteiger partial charge on any atom is 0.247 e. The first-order valence-electron chi connectivity index (χ1n) is 6.24. The minimum absolute atomic E-state index is 0.0243. The molecule has 19 heavy (non-hydrogen) atoms. The molecule has 4 nitrogen and oxygen atoms in total. The minimum atomic E-state index is -0.125. The molecule has 1 aromatic carbocycles. The fourth-order valence-electron chi connectivity index (χ4n) is 1.85. The van der Waals surface area contributed by atoms with Gasteiger partial charge in [0.25, 0.3) is 0 Å². The second kappa shape index (κ2) is 6.00. The second-order valence-electron chi connectivity index (χ2n) is 4.23. The highest BCUT2D eigenvalue weighted by Crippen LogP contribution is 2.21. The number of pyridine rings is 1. The number of carbonyl (C=O) groups excluding carboxylic acids is 1. The van der Waals surface area contributed by atoms with E-state index >= 15 is 0 Å². The maximum atomic E-state index is 11.3. The standard InChI is InChI=1S/C15H16N2O2/c1-2-14(18)16-9-11-5-3-4-6-13(11)12-7-8-15(19)17-10-12/h3-8,10H,2,9H2,1H3,(H,16,18)(H,17,19). The summed E-state index contributed by atoms with van der Waals surface area (Å²) in [7, 11) is 0. The molecule has 1 heterocycles. The zero-order valence-corrected chi connectivity index (χ0v) is 10.8. The Kier molecular flexibility index (Phi) is 4.13. The number of hydrogen-bond donors (Lipinski definition) is 2. The molecule has 0 fully saturated rings. The van der Waals surface area contributed by atoms with Gasteiger partial charge in [-0.15, -0.1) is 0 Å². The Balaban J connectivity index is 2.28. The van der Waals surface area contributed by atoms with Crippen LogP contribution in [-0.4, -0.2) is 10.9 Å². The van der Waals surface area contributed by atoms with Gasteiger partial charge in [0, 0.05) is 25.2 Å². The lowest BCUT2D eigenvalue weighted by atomic mass is 10.0. The summed E-state index contributed by atoms with van der Waals surface area (Å²) < 4.78 is 0. The zero-order chi connectivity index (χ0) is 13.7. The van der Waals surface area contributed by atoms with Crippen molar-refractivity contribution >= 4 is 5.91 Å².